The van der Waals surface area contributed by atoms with Crippen LogP contribution in [0.15, 0.2) is 0 Å². The molecular weight excluding hydrogens is 170 g/mol. The first-order valence-corrected chi connectivity index (χ1v) is 4.48. The quantitative estimate of drug-likeness (QED) is 0.444. The number of nitrogens with one attached hydrogen (secondary N) is 1. The third kappa shape index (κ3) is 8.85. The molecule has 0 aromatic carbocycles. The van der Waals surface area contributed by atoms with Gasteiger partial charge in [0.25, 0.3) is 0 Å². The Bertz CT molecular complexity index is 168. The summed E-state index contributed by atoms with van der Waals surface area (Å²) in [4.78, 5) is 20.9. The van der Waals surface area contributed by atoms with Crippen LogP contribution < -0.4 is 5.73 Å². The average Bonchev–Trinajstić information content (AvgIpc) is 2.10. The van der Waals surface area contributed by atoms with Gasteiger partial charge in [0.1, 0.15) is 0 Å². The number of ether oxygens (including phenoxy) is 1. The molecule has 0 aromatic rings. The van der Waals surface area contributed by atoms with Crippen molar-refractivity contribution in [3.63, 3.8) is 0 Å². The van der Waals surface area contributed by atoms with Gasteiger partial charge in [0, 0.05) is 12.8 Å². The number of carbonyl (C=O) groups is 2. The summed E-state index contributed by atoms with van der Waals surface area (Å²) < 4.78 is 4.47. The molecule has 4 nitrogen and oxygen atoms in total. The Balaban J connectivity index is 3.08. The van der Waals surface area contributed by atoms with Gasteiger partial charge in [0.2, 0.25) is 5.91 Å². The van der Waals surface area contributed by atoms with Crippen molar-refractivity contribution in [1.82, 2.24) is 5.73 Å². The summed E-state index contributed by atoms with van der Waals surface area (Å²) in [5, 5.41) is 0. The molecule has 0 spiro atoms. The van der Waals surface area contributed by atoms with Crippen molar-refractivity contribution < 1.29 is 14.3 Å². The van der Waals surface area contributed by atoms with Crippen LogP contribution in [0, 0.1) is 0 Å². The van der Waals surface area contributed by atoms with E-state index in [0.29, 0.717) is 12.8 Å². The monoisotopic (exact) mass is 186 g/mol. The Morgan fingerprint density at radius 3 is 2.08 bits per heavy atom. The van der Waals surface area contributed by atoms with Gasteiger partial charge in [-0.15, -0.1) is 0 Å². The van der Waals surface area contributed by atoms with Crippen LogP contribution in [0.5, 0.6) is 0 Å². The normalized spacial score (nSPS) is 9.62. The topological polar surface area (TPSA) is 67.2 Å². The molecule has 0 fully saturated rings. The lowest BCUT2D eigenvalue weighted by atomic mass is 10.1. The Kier molecular flexibility index (Phi) is 6.96. The third-order valence-electron chi connectivity index (χ3n) is 1.76. The molecule has 1 N–H and O–H groups in total. The number of hydrogen-bond acceptors (Lipinski definition) is 3. The molecule has 75 valence electrons. The molecule has 0 aromatic heterocycles. The molecule has 0 aliphatic heterocycles. The summed E-state index contributed by atoms with van der Waals surface area (Å²) in [5.41, 5.74) is 6.64. The maximum absolute atomic E-state index is 10.6. The van der Waals surface area contributed by atoms with Gasteiger partial charge >= 0.3 is 5.97 Å². The number of unbranched alkanes of at least 4 members (excludes halogenated alkanes) is 3. The Labute approximate surface area is 78.4 Å². The summed E-state index contributed by atoms with van der Waals surface area (Å²) in [6, 6.07) is 0. The van der Waals surface area contributed by atoms with Crippen LogP contribution in [0.3, 0.4) is 0 Å². The highest BCUT2D eigenvalue weighted by Gasteiger charge is 1.99. The van der Waals surface area contributed by atoms with E-state index in [2.05, 4.69) is 4.74 Å². The zero-order valence-corrected chi connectivity index (χ0v) is 7.97. The average molecular weight is 186 g/mol. The standard InChI is InChI=1S/C9H16NO3/c1-13-9(12)7-5-3-2-4-6-8(10)11/h10H,2-7H2,1H3. The predicted octanol–water partition coefficient (Wildman–Crippen LogP) is 1.31. The second-order valence-corrected chi connectivity index (χ2v) is 2.91. The molecule has 4 heteroatoms. The molecule has 0 saturated carbocycles. The minimum absolute atomic E-state index is 0.184. The second-order valence-electron chi connectivity index (χ2n) is 2.91. The predicted molar refractivity (Wildman–Crippen MR) is 47.8 cm³/mol. The number of hydrogen-bond donors (Lipinski definition) is 0. The van der Waals surface area contributed by atoms with E-state index in [4.69, 9.17) is 5.73 Å². The number of esters is 1. The maximum Gasteiger partial charge on any atom is 0.305 e. The molecule has 1 amide bonds. The Morgan fingerprint density at radius 1 is 1.08 bits per heavy atom. The third-order valence-corrected chi connectivity index (χ3v) is 1.76. The first kappa shape index (κ1) is 11.9. The molecule has 0 rings (SSSR count). The molecular formula is C9H16NO3. The number of methoxy groups -OCH3 is 1. The van der Waals surface area contributed by atoms with Gasteiger partial charge in [-0.25, -0.2) is 0 Å². The van der Waals surface area contributed by atoms with Gasteiger partial charge in [0.15, 0.2) is 0 Å². The molecule has 0 aliphatic rings. The minimum atomic E-state index is -0.507. The molecule has 0 atom stereocenters. The van der Waals surface area contributed by atoms with E-state index < -0.39 is 5.91 Å². The summed E-state index contributed by atoms with van der Waals surface area (Å²) in [6.07, 6.45) is 4.16. The van der Waals surface area contributed by atoms with Crippen LogP contribution in [-0.2, 0) is 14.3 Å². The molecule has 0 aliphatic carbocycles. The summed E-state index contributed by atoms with van der Waals surface area (Å²) in [5.74, 6) is -0.690. The van der Waals surface area contributed by atoms with Crippen molar-refractivity contribution in [3.8, 4) is 0 Å². The van der Waals surface area contributed by atoms with Crippen LogP contribution in [-0.4, -0.2) is 19.0 Å². The zero-order valence-electron chi connectivity index (χ0n) is 7.97. The van der Waals surface area contributed by atoms with Crippen molar-refractivity contribution in [1.29, 1.82) is 0 Å². The fraction of sp³-hybridized carbons (Fsp3) is 0.778. The SMILES string of the molecule is COC(=O)CCCCCCC([NH])=O. The lowest BCUT2D eigenvalue weighted by Gasteiger charge is -1.98. The molecule has 0 saturated heterocycles. The maximum atomic E-state index is 10.6. The van der Waals surface area contributed by atoms with Gasteiger partial charge in [-0.2, -0.15) is 0 Å². The smallest absolute Gasteiger partial charge is 0.305 e. The highest BCUT2D eigenvalue weighted by molar-refractivity contribution is 5.72. The van der Waals surface area contributed by atoms with E-state index in [1.165, 1.54) is 7.11 Å². The van der Waals surface area contributed by atoms with Crippen LogP contribution in [0.25, 0.3) is 0 Å². The molecule has 1 radical (unpaired) electrons. The lowest BCUT2D eigenvalue weighted by Crippen LogP contribution is -2.00. The van der Waals surface area contributed by atoms with E-state index in [0.717, 1.165) is 25.7 Å². The van der Waals surface area contributed by atoms with Crippen molar-refractivity contribution in [2.75, 3.05) is 7.11 Å². The van der Waals surface area contributed by atoms with Crippen molar-refractivity contribution in [2.45, 2.75) is 38.5 Å². The number of amides is 1. The van der Waals surface area contributed by atoms with E-state index in [1.54, 1.807) is 0 Å². The lowest BCUT2D eigenvalue weighted by molar-refractivity contribution is -0.140. The Hall–Kier alpha value is -1.06. The summed E-state index contributed by atoms with van der Waals surface area (Å²) in [6.45, 7) is 0. The van der Waals surface area contributed by atoms with Crippen LogP contribution >= 0.6 is 0 Å². The van der Waals surface area contributed by atoms with Gasteiger partial charge in [-0.05, 0) is 12.8 Å². The Morgan fingerprint density at radius 2 is 1.62 bits per heavy atom. The van der Waals surface area contributed by atoms with Crippen LogP contribution in [0.4, 0.5) is 0 Å². The fourth-order valence-corrected chi connectivity index (χ4v) is 1.01. The van der Waals surface area contributed by atoms with E-state index in [-0.39, 0.29) is 5.97 Å². The molecule has 0 bridgehead atoms. The first-order chi connectivity index (χ1) is 6.16. The van der Waals surface area contributed by atoms with E-state index in [9.17, 15) is 9.59 Å². The minimum Gasteiger partial charge on any atom is -0.469 e. The van der Waals surface area contributed by atoms with Crippen LogP contribution in [0.1, 0.15) is 38.5 Å². The van der Waals surface area contributed by atoms with Crippen LogP contribution in [0.2, 0.25) is 0 Å². The summed E-state index contributed by atoms with van der Waals surface area (Å²) in [7, 11) is 1.38. The number of rotatable bonds is 7. The molecule has 0 unspecified atom stereocenters. The second kappa shape index (κ2) is 7.58. The van der Waals surface area contributed by atoms with Crippen molar-refractivity contribution in [3.05, 3.63) is 0 Å². The summed E-state index contributed by atoms with van der Waals surface area (Å²) >= 11 is 0. The highest BCUT2D eigenvalue weighted by Crippen LogP contribution is 2.05. The number of carbonyl (C=O) groups excluding carboxylic acids is 2. The van der Waals surface area contributed by atoms with Crippen molar-refractivity contribution >= 4 is 11.9 Å². The van der Waals surface area contributed by atoms with Gasteiger partial charge in [-0.3, -0.25) is 15.3 Å². The fourth-order valence-electron chi connectivity index (χ4n) is 1.01. The largest absolute Gasteiger partial charge is 0.469 e. The zero-order chi connectivity index (χ0) is 10.1. The van der Waals surface area contributed by atoms with E-state index >= 15 is 0 Å². The van der Waals surface area contributed by atoms with Crippen molar-refractivity contribution in [2.24, 2.45) is 0 Å². The molecule has 0 heterocycles. The van der Waals surface area contributed by atoms with Gasteiger partial charge in [0.05, 0.1) is 7.11 Å². The molecule has 13 heavy (non-hydrogen) atoms. The van der Waals surface area contributed by atoms with Gasteiger partial charge in [-0.1, -0.05) is 12.8 Å². The highest BCUT2D eigenvalue weighted by atomic mass is 16.5. The first-order valence-electron chi connectivity index (χ1n) is 4.48. The van der Waals surface area contributed by atoms with Gasteiger partial charge < -0.3 is 4.74 Å². The van der Waals surface area contributed by atoms with E-state index in [1.807, 2.05) is 0 Å².